The number of halogens is 4. The molecule has 0 saturated heterocycles. The SMILES string of the molecule is Cc1cccc(C(=O)CCBr)c1OC(F)(F)F. The molecule has 0 N–H and O–H groups in total. The maximum absolute atomic E-state index is 12.2. The predicted octanol–water partition coefficient (Wildman–Crippen LogP) is 3.86. The Labute approximate surface area is 105 Å². The zero-order valence-corrected chi connectivity index (χ0v) is 10.6. The van der Waals surface area contributed by atoms with Crippen molar-refractivity contribution in [1.29, 1.82) is 0 Å². The predicted molar refractivity (Wildman–Crippen MR) is 60.6 cm³/mol. The average molecular weight is 311 g/mol. The summed E-state index contributed by atoms with van der Waals surface area (Å²) in [5, 5.41) is 0.394. The average Bonchev–Trinajstić information content (AvgIpc) is 2.19. The molecule has 0 heterocycles. The third kappa shape index (κ3) is 4.03. The molecule has 0 aliphatic rings. The van der Waals surface area contributed by atoms with Crippen LogP contribution in [0, 0.1) is 6.92 Å². The van der Waals surface area contributed by atoms with Crippen LogP contribution in [0.3, 0.4) is 0 Å². The van der Waals surface area contributed by atoms with E-state index in [0.717, 1.165) is 0 Å². The van der Waals surface area contributed by atoms with Crippen molar-refractivity contribution in [3.8, 4) is 5.75 Å². The number of hydrogen-bond donors (Lipinski definition) is 0. The van der Waals surface area contributed by atoms with Crippen molar-refractivity contribution in [3.63, 3.8) is 0 Å². The van der Waals surface area contributed by atoms with Crippen LogP contribution in [0.15, 0.2) is 18.2 Å². The van der Waals surface area contributed by atoms with Crippen LogP contribution in [-0.4, -0.2) is 17.5 Å². The first-order chi connectivity index (χ1) is 7.85. The number of hydrogen-bond acceptors (Lipinski definition) is 2. The van der Waals surface area contributed by atoms with Gasteiger partial charge in [0.2, 0.25) is 0 Å². The minimum absolute atomic E-state index is 0.0400. The molecule has 0 atom stereocenters. The minimum Gasteiger partial charge on any atom is -0.405 e. The molecule has 0 aliphatic heterocycles. The third-order valence-corrected chi connectivity index (χ3v) is 2.45. The second-order valence-electron chi connectivity index (χ2n) is 3.36. The molecule has 0 spiro atoms. The standard InChI is InChI=1S/C11H10BrF3O2/c1-7-3-2-4-8(9(16)5-6-12)10(7)17-11(13,14)15/h2-4H,5-6H2,1H3. The van der Waals surface area contributed by atoms with Gasteiger partial charge in [0.05, 0.1) is 5.56 Å². The number of Topliss-reactive ketones (excluding diaryl/α,β-unsaturated/α-hetero) is 1. The van der Waals surface area contributed by atoms with Crippen LogP contribution in [0.2, 0.25) is 0 Å². The molecule has 0 amide bonds. The van der Waals surface area contributed by atoms with Gasteiger partial charge in [0.15, 0.2) is 5.78 Å². The molecule has 6 heteroatoms. The van der Waals surface area contributed by atoms with Crippen molar-refractivity contribution >= 4 is 21.7 Å². The van der Waals surface area contributed by atoms with Crippen LogP contribution in [0.1, 0.15) is 22.3 Å². The lowest BCUT2D eigenvalue weighted by molar-refractivity contribution is -0.274. The van der Waals surface area contributed by atoms with E-state index in [1.807, 2.05) is 0 Å². The van der Waals surface area contributed by atoms with Gasteiger partial charge in [0, 0.05) is 11.8 Å². The van der Waals surface area contributed by atoms with Crippen molar-refractivity contribution in [3.05, 3.63) is 29.3 Å². The van der Waals surface area contributed by atoms with Gasteiger partial charge in [-0.05, 0) is 18.6 Å². The summed E-state index contributed by atoms with van der Waals surface area (Å²) in [6.45, 7) is 1.46. The van der Waals surface area contributed by atoms with Crippen molar-refractivity contribution in [2.75, 3.05) is 5.33 Å². The second-order valence-corrected chi connectivity index (χ2v) is 4.15. The van der Waals surface area contributed by atoms with Gasteiger partial charge in [0.25, 0.3) is 0 Å². The molecule has 94 valence electrons. The summed E-state index contributed by atoms with van der Waals surface area (Å²) in [7, 11) is 0. The van der Waals surface area contributed by atoms with Crippen LogP contribution >= 0.6 is 15.9 Å². The highest BCUT2D eigenvalue weighted by Gasteiger charge is 2.33. The van der Waals surface area contributed by atoms with Gasteiger partial charge in [-0.3, -0.25) is 4.79 Å². The first-order valence-electron chi connectivity index (χ1n) is 4.79. The van der Waals surface area contributed by atoms with Crippen LogP contribution in [0.4, 0.5) is 13.2 Å². The molecular weight excluding hydrogens is 301 g/mol. The van der Waals surface area contributed by atoms with Crippen LogP contribution in [0.25, 0.3) is 0 Å². The largest absolute Gasteiger partial charge is 0.573 e. The minimum atomic E-state index is -4.80. The molecule has 0 bridgehead atoms. The number of ether oxygens (including phenoxy) is 1. The Bertz CT molecular complexity index is 416. The van der Waals surface area contributed by atoms with E-state index in [-0.39, 0.29) is 23.3 Å². The quantitative estimate of drug-likeness (QED) is 0.623. The number of aryl methyl sites for hydroxylation is 1. The number of para-hydroxylation sites is 1. The first kappa shape index (κ1) is 14.0. The van der Waals surface area contributed by atoms with Crippen LogP contribution in [-0.2, 0) is 0 Å². The van der Waals surface area contributed by atoms with Gasteiger partial charge in [-0.25, -0.2) is 0 Å². The summed E-state index contributed by atoms with van der Waals surface area (Å²) in [4.78, 5) is 11.6. The van der Waals surface area contributed by atoms with Crippen LogP contribution < -0.4 is 4.74 Å². The highest BCUT2D eigenvalue weighted by atomic mass is 79.9. The highest BCUT2D eigenvalue weighted by Crippen LogP contribution is 2.30. The summed E-state index contributed by atoms with van der Waals surface area (Å²) in [5.41, 5.74) is 0.240. The summed E-state index contributed by atoms with van der Waals surface area (Å²) in [6.07, 6.45) is -4.67. The molecule has 0 saturated carbocycles. The number of benzene rings is 1. The molecule has 1 aromatic rings. The van der Waals surface area contributed by atoms with E-state index in [1.54, 1.807) is 0 Å². The fourth-order valence-electron chi connectivity index (χ4n) is 1.34. The van der Waals surface area contributed by atoms with Crippen molar-refractivity contribution in [1.82, 2.24) is 0 Å². The molecule has 0 aromatic heterocycles. The summed E-state index contributed by atoms with van der Waals surface area (Å²) >= 11 is 3.07. The number of carbonyl (C=O) groups excluding carboxylic acids is 1. The second kappa shape index (κ2) is 5.53. The summed E-state index contributed by atoms with van der Waals surface area (Å²) in [5.74, 6) is -0.796. The Morgan fingerprint density at radius 3 is 2.59 bits per heavy atom. The summed E-state index contributed by atoms with van der Waals surface area (Å²) < 4.78 is 40.5. The van der Waals surface area contributed by atoms with Gasteiger partial charge in [0.1, 0.15) is 5.75 Å². The highest BCUT2D eigenvalue weighted by molar-refractivity contribution is 9.09. The zero-order chi connectivity index (χ0) is 13.1. The Balaban J connectivity index is 3.13. The van der Waals surface area contributed by atoms with E-state index in [9.17, 15) is 18.0 Å². The van der Waals surface area contributed by atoms with E-state index in [1.165, 1.54) is 25.1 Å². The van der Waals surface area contributed by atoms with Gasteiger partial charge in [-0.15, -0.1) is 13.2 Å². The lowest BCUT2D eigenvalue weighted by atomic mass is 10.0. The smallest absolute Gasteiger partial charge is 0.405 e. The first-order valence-corrected chi connectivity index (χ1v) is 5.92. The number of ketones is 1. The monoisotopic (exact) mass is 310 g/mol. The molecule has 17 heavy (non-hydrogen) atoms. The van der Waals surface area contributed by atoms with Crippen molar-refractivity contribution < 1.29 is 22.7 Å². The molecule has 2 nitrogen and oxygen atoms in total. The maximum atomic E-state index is 12.2. The molecule has 0 radical (unpaired) electrons. The van der Waals surface area contributed by atoms with Gasteiger partial charge in [-0.1, -0.05) is 28.1 Å². The van der Waals surface area contributed by atoms with E-state index >= 15 is 0 Å². The molecule has 0 unspecified atom stereocenters. The number of carbonyl (C=O) groups is 1. The fraction of sp³-hybridized carbons (Fsp3) is 0.364. The van der Waals surface area contributed by atoms with Gasteiger partial charge in [-0.2, -0.15) is 0 Å². The lowest BCUT2D eigenvalue weighted by Crippen LogP contribution is -2.20. The normalized spacial score (nSPS) is 11.4. The van der Waals surface area contributed by atoms with Gasteiger partial charge < -0.3 is 4.74 Å². The molecule has 0 aliphatic carbocycles. The Hall–Kier alpha value is -1.04. The molecule has 1 aromatic carbocycles. The molecular formula is C11H10BrF3O2. The summed E-state index contributed by atoms with van der Waals surface area (Å²) in [6, 6.07) is 4.32. The van der Waals surface area contributed by atoms with E-state index < -0.39 is 12.1 Å². The maximum Gasteiger partial charge on any atom is 0.573 e. The molecule has 0 fully saturated rings. The lowest BCUT2D eigenvalue weighted by Gasteiger charge is -2.14. The van der Waals surface area contributed by atoms with Crippen molar-refractivity contribution in [2.24, 2.45) is 0 Å². The van der Waals surface area contributed by atoms with E-state index in [2.05, 4.69) is 20.7 Å². The van der Waals surface area contributed by atoms with Crippen molar-refractivity contribution in [2.45, 2.75) is 19.7 Å². The Morgan fingerprint density at radius 1 is 1.41 bits per heavy atom. The Morgan fingerprint density at radius 2 is 2.06 bits per heavy atom. The Kier molecular flexibility index (Phi) is 4.56. The third-order valence-electron chi connectivity index (χ3n) is 2.05. The zero-order valence-electron chi connectivity index (χ0n) is 8.97. The van der Waals surface area contributed by atoms with E-state index in [0.29, 0.717) is 5.33 Å². The van der Waals surface area contributed by atoms with Gasteiger partial charge >= 0.3 is 6.36 Å². The number of rotatable bonds is 4. The number of alkyl halides is 4. The molecule has 1 rings (SSSR count). The fourth-order valence-corrected chi connectivity index (χ4v) is 1.70. The topological polar surface area (TPSA) is 26.3 Å². The van der Waals surface area contributed by atoms with Crippen LogP contribution in [0.5, 0.6) is 5.75 Å². The van der Waals surface area contributed by atoms with E-state index in [4.69, 9.17) is 0 Å².